The maximum absolute atomic E-state index is 12.7. The largest absolute Gasteiger partial charge is 0.294 e. The third-order valence-electron chi connectivity index (χ3n) is 4.78. The number of carbonyl (C=O) groups is 2. The van der Waals surface area contributed by atoms with Crippen molar-refractivity contribution in [3.63, 3.8) is 0 Å². The molecule has 0 unspecified atom stereocenters. The van der Waals surface area contributed by atoms with Gasteiger partial charge in [-0.1, -0.05) is 61.7 Å². The highest BCUT2D eigenvalue weighted by Crippen LogP contribution is 2.33. The van der Waals surface area contributed by atoms with Gasteiger partial charge in [-0.3, -0.25) is 9.59 Å². The van der Waals surface area contributed by atoms with Crippen LogP contribution >= 0.6 is 0 Å². The number of Topliss-reactive ketones (excluding diaryl/α,β-unsaturated/α-hetero) is 1. The van der Waals surface area contributed by atoms with E-state index < -0.39 is 0 Å². The van der Waals surface area contributed by atoms with Crippen molar-refractivity contribution in [2.24, 2.45) is 0 Å². The van der Waals surface area contributed by atoms with Crippen molar-refractivity contribution in [1.29, 1.82) is 0 Å². The highest BCUT2D eigenvalue weighted by Gasteiger charge is 2.20. The smallest absolute Gasteiger partial charge is 0.193 e. The summed E-state index contributed by atoms with van der Waals surface area (Å²) in [4.78, 5) is 24.8. The summed E-state index contributed by atoms with van der Waals surface area (Å²) in [7, 11) is 0. The zero-order valence-electron chi connectivity index (χ0n) is 13.5. The van der Waals surface area contributed by atoms with E-state index in [1.54, 1.807) is 19.1 Å². The molecule has 0 radical (unpaired) electrons. The summed E-state index contributed by atoms with van der Waals surface area (Å²) in [5.41, 5.74) is 2.91. The summed E-state index contributed by atoms with van der Waals surface area (Å²) in [6.07, 6.45) is 6.18. The summed E-state index contributed by atoms with van der Waals surface area (Å²) in [6, 6.07) is 15.0. The molecule has 118 valence electrons. The Morgan fingerprint density at radius 3 is 2.22 bits per heavy atom. The van der Waals surface area contributed by atoms with Crippen molar-refractivity contribution in [2.45, 2.75) is 44.9 Å². The van der Waals surface area contributed by atoms with E-state index in [1.807, 2.05) is 36.4 Å². The molecule has 2 aromatic rings. The number of rotatable bonds is 4. The molecule has 0 heterocycles. The molecule has 0 saturated heterocycles. The molecule has 0 atom stereocenters. The first-order valence-electron chi connectivity index (χ1n) is 8.41. The fraction of sp³-hybridized carbons (Fsp3) is 0.333. The van der Waals surface area contributed by atoms with Crippen molar-refractivity contribution in [2.75, 3.05) is 0 Å². The molecule has 2 heteroatoms. The van der Waals surface area contributed by atoms with Crippen LogP contribution < -0.4 is 0 Å². The number of hydrogen-bond acceptors (Lipinski definition) is 2. The molecule has 0 N–H and O–H groups in total. The number of ketones is 2. The lowest BCUT2D eigenvalue weighted by atomic mass is 9.82. The molecule has 0 aromatic heterocycles. The van der Waals surface area contributed by atoms with Gasteiger partial charge in [0.2, 0.25) is 0 Å². The van der Waals surface area contributed by atoms with Gasteiger partial charge in [0.15, 0.2) is 11.6 Å². The zero-order chi connectivity index (χ0) is 16.2. The first-order valence-corrected chi connectivity index (χ1v) is 8.41. The second kappa shape index (κ2) is 6.91. The highest BCUT2D eigenvalue weighted by atomic mass is 16.1. The Kier molecular flexibility index (Phi) is 4.71. The predicted molar refractivity (Wildman–Crippen MR) is 92.1 cm³/mol. The minimum atomic E-state index is -0.0778. The van der Waals surface area contributed by atoms with Gasteiger partial charge in [0.25, 0.3) is 0 Å². The van der Waals surface area contributed by atoms with Crippen LogP contribution in [0.4, 0.5) is 0 Å². The standard InChI is InChI=1S/C21H22O2/c1-15(22)20-14-18(16-8-4-2-5-9-16)12-13-19(20)21(23)17-10-6-3-7-11-17/h3,6-7,10-14,16H,2,4-5,8-9H2,1H3. The summed E-state index contributed by atoms with van der Waals surface area (Å²) >= 11 is 0. The summed E-state index contributed by atoms with van der Waals surface area (Å²) < 4.78 is 0. The van der Waals surface area contributed by atoms with Crippen molar-refractivity contribution in [1.82, 2.24) is 0 Å². The topological polar surface area (TPSA) is 34.1 Å². The second-order valence-electron chi connectivity index (χ2n) is 6.39. The van der Waals surface area contributed by atoms with Gasteiger partial charge in [-0.05, 0) is 37.3 Å². The maximum Gasteiger partial charge on any atom is 0.193 e. The van der Waals surface area contributed by atoms with E-state index in [2.05, 4.69) is 0 Å². The first-order chi connectivity index (χ1) is 11.2. The summed E-state index contributed by atoms with van der Waals surface area (Å²) in [6.45, 7) is 1.54. The van der Waals surface area contributed by atoms with Crippen LogP contribution in [0.25, 0.3) is 0 Å². The van der Waals surface area contributed by atoms with Crippen LogP contribution in [-0.2, 0) is 0 Å². The van der Waals surface area contributed by atoms with Crippen LogP contribution in [0.2, 0.25) is 0 Å². The zero-order valence-corrected chi connectivity index (χ0v) is 13.5. The molecule has 0 bridgehead atoms. The Bertz CT molecular complexity index is 710. The third-order valence-corrected chi connectivity index (χ3v) is 4.78. The van der Waals surface area contributed by atoms with Gasteiger partial charge in [0.05, 0.1) is 0 Å². The van der Waals surface area contributed by atoms with Crippen molar-refractivity contribution < 1.29 is 9.59 Å². The Labute approximate surface area is 137 Å². The molecule has 1 aliphatic rings. The Morgan fingerprint density at radius 1 is 0.870 bits per heavy atom. The van der Waals surface area contributed by atoms with Crippen LogP contribution in [0.5, 0.6) is 0 Å². The Hall–Kier alpha value is -2.22. The number of hydrogen-bond donors (Lipinski definition) is 0. The van der Waals surface area contributed by atoms with Crippen LogP contribution in [0.3, 0.4) is 0 Å². The Morgan fingerprint density at radius 2 is 1.57 bits per heavy atom. The van der Waals surface area contributed by atoms with Gasteiger partial charge in [-0.25, -0.2) is 0 Å². The van der Waals surface area contributed by atoms with Gasteiger partial charge in [0, 0.05) is 16.7 Å². The molecule has 2 aromatic carbocycles. The van der Waals surface area contributed by atoms with Crippen molar-refractivity contribution >= 4 is 11.6 Å². The predicted octanol–water partition coefficient (Wildman–Crippen LogP) is 5.17. The van der Waals surface area contributed by atoms with Gasteiger partial charge >= 0.3 is 0 Å². The normalized spacial score (nSPS) is 15.3. The van der Waals surface area contributed by atoms with E-state index >= 15 is 0 Å². The minimum Gasteiger partial charge on any atom is -0.294 e. The van der Waals surface area contributed by atoms with E-state index in [1.165, 1.54) is 37.7 Å². The fourth-order valence-corrected chi connectivity index (χ4v) is 3.49. The van der Waals surface area contributed by atoms with E-state index in [4.69, 9.17) is 0 Å². The molecule has 0 amide bonds. The SMILES string of the molecule is CC(=O)c1cc(C2CCCCC2)ccc1C(=O)c1ccccc1. The van der Waals surface area contributed by atoms with Crippen LogP contribution in [0.1, 0.15) is 76.8 Å². The van der Waals surface area contributed by atoms with E-state index in [-0.39, 0.29) is 11.6 Å². The molecule has 1 fully saturated rings. The van der Waals surface area contributed by atoms with Gasteiger partial charge in [-0.2, -0.15) is 0 Å². The molecule has 2 nitrogen and oxygen atoms in total. The van der Waals surface area contributed by atoms with E-state index in [9.17, 15) is 9.59 Å². The van der Waals surface area contributed by atoms with Crippen LogP contribution in [0, 0.1) is 0 Å². The lowest BCUT2D eigenvalue weighted by Crippen LogP contribution is -2.11. The fourth-order valence-electron chi connectivity index (χ4n) is 3.49. The van der Waals surface area contributed by atoms with E-state index in [0.29, 0.717) is 22.6 Å². The molecule has 0 aliphatic heterocycles. The molecule has 23 heavy (non-hydrogen) atoms. The molecular formula is C21H22O2. The quantitative estimate of drug-likeness (QED) is 0.730. The summed E-state index contributed by atoms with van der Waals surface area (Å²) in [5.74, 6) is 0.413. The van der Waals surface area contributed by atoms with Crippen LogP contribution in [-0.4, -0.2) is 11.6 Å². The molecule has 1 aliphatic carbocycles. The number of carbonyl (C=O) groups excluding carboxylic acids is 2. The van der Waals surface area contributed by atoms with Gasteiger partial charge < -0.3 is 0 Å². The van der Waals surface area contributed by atoms with Crippen LogP contribution in [0.15, 0.2) is 48.5 Å². The van der Waals surface area contributed by atoms with Crippen molar-refractivity contribution in [3.8, 4) is 0 Å². The highest BCUT2D eigenvalue weighted by molar-refractivity contribution is 6.15. The number of benzene rings is 2. The second-order valence-corrected chi connectivity index (χ2v) is 6.39. The molecule has 3 rings (SSSR count). The van der Waals surface area contributed by atoms with Gasteiger partial charge in [0.1, 0.15) is 0 Å². The lowest BCUT2D eigenvalue weighted by molar-refractivity contribution is 0.0990. The molecular weight excluding hydrogens is 284 g/mol. The summed E-state index contributed by atoms with van der Waals surface area (Å²) in [5, 5.41) is 0. The minimum absolute atomic E-state index is 0.0399. The Balaban J connectivity index is 1.97. The average molecular weight is 306 g/mol. The average Bonchev–Trinajstić information content (AvgIpc) is 2.62. The third kappa shape index (κ3) is 3.42. The lowest BCUT2D eigenvalue weighted by Gasteiger charge is -2.22. The monoisotopic (exact) mass is 306 g/mol. The maximum atomic E-state index is 12.7. The van der Waals surface area contributed by atoms with E-state index in [0.717, 1.165) is 0 Å². The molecule has 1 saturated carbocycles. The van der Waals surface area contributed by atoms with Crippen molar-refractivity contribution in [3.05, 3.63) is 70.8 Å². The molecule has 0 spiro atoms. The first kappa shape index (κ1) is 15.7. The van der Waals surface area contributed by atoms with Gasteiger partial charge in [-0.15, -0.1) is 0 Å².